The van der Waals surface area contributed by atoms with Crippen molar-refractivity contribution in [3.63, 3.8) is 0 Å². The van der Waals surface area contributed by atoms with Crippen LogP contribution in [0.25, 0.3) is 0 Å². The highest BCUT2D eigenvalue weighted by Gasteiger charge is 2.41. The Kier molecular flexibility index (Phi) is 3.88. The topological polar surface area (TPSA) is 15.7 Å². The van der Waals surface area contributed by atoms with E-state index in [1.807, 2.05) is 0 Å². The molecule has 16 heavy (non-hydrogen) atoms. The minimum absolute atomic E-state index is 0.360. The first-order valence-corrected chi connectivity index (χ1v) is 6.75. The smallest absolute Gasteiger partial charge is 0.0652 e. The first-order valence-electron chi connectivity index (χ1n) is 6.75. The minimum atomic E-state index is 0.360. The van der Waals surface area contributed by atoms with E-state index in [-0.39, 0.29) is 0 Å². The number of hydrogen-bond donors (Lipinski definition) is 0. The van der Waals surface area contributed by atoms with Crippen molar-refractivity contribution in [3.05, 3.63) is 0 Å². The second-order valence-electron chi connectivity index (χ2n) is 5.49. The summed E-state index contributed by atoms with van der Waals surface area (Å²) in [5.41, 5.74) is 0.360. The van der Waals surface area contributed by atoms with Gasteiger partial charge in [-0.25, -0.2) is 0 Å². The molecule has 0 aromatic carbocycles. The summed E-state index contributed by atoms with van der Waals surface area (Å²) in [7, 11) is 0. The van der Waals surface area contributed by atoms with Crippen LogP contribution in [0.3, 0.4) is 0 Å². The number of likely N-dealkylation sites (N-methyl/N-ethyl adjacent to an activating group) is 1. The Balaban J connectivity index is 1.98. The number of hydrogen-bond acceptors (Lipinski definition) is 3. The average molecular weight is 226 g/mol. The predicted octanol–water partition coefficient (Wildman–Crippen LogP) is 1.58. The highest BCUT2D eigenvalue weighted by Crippen LogP contribution is 2.32. The van der Waals surface area contributed by atoms with E-state index in [1.165, 1.54) is 32.5 Å². The van der Waals surface area contributed by atoms with E-state index in [4.69, 9.17) is 4.74 Å². The molecule has 2 heterocycles. The highest BCUT2D eigenvalue weighted by molar-refractivity contribution is 4.97. The third kappa shape index (κ3) is 2.27. The first-order chi connectivity index (χ1) is 7.68. The van der Waals surface area contributed by atoms with Gasteiger partial charge in [0.2, 0.25) is 0 Å². The molecule has 0 amide bonds. The number of piperidine rings is 1. The lowest BCUT2D eigenvalue weighted by Gasteiger charge is -2.51. The zero-order valence-electron chi connectivity index (χ0n) is 11.0. The van der Waals surface area contributed by atoms with Crippen LogP contribution in [0.5, 0.6) is 0 Å². The van der Waals surface area contributed by atoms with E-state index in [0.29, 0.717) is 11.6 Å². The fraction of sp³-hybridized carbons (Fsp3) is 1.00. The molecule has 2 aliphatic heterocycles. The van der Waals surface area contributed by atoms with Crippen molar-refractivity contribution in [1.29, 1.82) is 0 Å². The van der Waals surface area contributed by atoms with Gasteiger partial charge in [-0.2, -0.15) is 0 Å². The largest absolute Gasteiger partial charge is 0.378 e. The SMILES string of the molecule is CCN1CCOCC12CCN(C(C)C)CC2. The predicted molar refractivity (Wildman–Crippen MR) is 66.7 cm³/mol. The van der Waals surface area contributed by atoms with Crippen LogP contribution >= 0.6 is 0 Å². The van der Waals surface area contributed by atoms with E-state index in [2.05, 4.69) is 30.6 Å². The second kappa shape index (κ2) is 5.03. The third-order valence-electron chi connectivity index (χ3n) is 4.39. The fourth-order valence-corrected chi connectivity index (χ4v) is 3.18. The van der Waals surface area contributed by atoms with Gasteiger partial charge >= 0.3 is 0 Å². The Bertz CT molecular complexity index is 222. The van der Waals surface area contributed by atoms with Gasteiger partial charge in [0.1, 0.15) is 0 Å². The number of morpholine rings is 1. The van der Waals surface area contributed by atoms with Crippen molar-refractivity contribution >= 4 is 0 Å². The summed E-state index contributed by atoms with van der Waals surface area (Å²) >= 11 is 0. The van der Waals surface area contributed by atoms with E-state index in [0.717, 1.165) is 19.8 Å². The number of nitrogens with zero attached hydrogens (tertiary/aromatic N) is 2. The Morgan fingerprint density at radius 1 is 1.19 bits per heavy atom. The van der Waals surface area contributed by atoms with Crippen molar-refractivity contribution < 1.29 is 4.74 Å². The van der Waals surface area contributed by atoms with Gasteiger partial charge in [-0.1, -0.05) is 6.92 Å². The standard InChI is InChI=1S/C13H26N2O/c1-4-15-9-10-16-11-13(15)5-7-14(8-6-13)12(2)3/h12H,4-11H2,1-3H3. The van der Waals surface area contributed by atoms with Crippen LogP contribution in [0, 0.1) is 0 Å². The van der Waals surface area contributed by atoms with Crippen LogP contribution in [0.4, 0.5) is 0 Å². The fourth-order valence-electron chi connectivity index (χ4n) is 3.18. The molecule has 0 atom stereocenters. The number of likely N-dealkylation sites (tertiary alicyclic amines) is 1. The monoisotopic (exact) mass is 226 g/mol. The average Bonchev–Trinajstić information content (AvgIpc) is 2.30. The van der Waals surface area contributed by atoms with Crippen LogP contribution < -0.4 is 0 Å². The summed E-state index contributed by atoms with van der Waals surface area (Å²) in [5, 5.41) is 0. The molecule has 2 aliphatic rings. The summed E-state index contributed by atoms with van der Waals surface area (Å²) in [6, 6.07) is 0.692. The molecule has 1 spiro atoms. The highest BCUT2D eigenvalue weighted by atomic mass is 16.5. The maximum absolute atomic E-state index is 5.73. The molecular formula is C13H26N2O. The normalized spacial score (nSPS) is 27.8. The Morgan fingerprint density at radius 3 is 2.44 bits per heavy atom. The van der Waals surface area contributed by atoms with Crippen LogP contribution in [0.2, 0.25) is 0 Å². The lowest BCUT2D eigenvalue weighted by molar-refractivity contribution is -0.0949. The van der Waals surface area contributed by atoms with Gasteiger partial charge < -0.3 is 9.64 Å². The molecule has 0 N–H and O–H groups in total. The Morgan fingerprint density at radius 2 is 1.88 bits per heavy atom. The van der Waals surface area contributed by atoms with Gasteiger partial charge in [0.25, 0.3) is 0 Å². The summed E-state index contributed by atoms with van der Waals surface area (Å²) in [6.07, 6.45) is 2.55. The Hall–Kier alpha value is -0.120. The molecule has 0 unspecified atom stereocenters. The molecule has 94 valence electrons. The third-order valence-corrected chi connectivity index (χ3v) is 4.39. The Labute approximate surface area is 99.7 Å². The van der Waals surface area contributed by atoms with Crippen molar-refractivity contribution in [3.8, 4) is 0 Å². The molecule has 3 heteroatoms. The van der Waals surface area contributed by atoms with Gasteiger partial charge in [-0.15, -0.1) is 0 Å². The van der Waals surface area contributed by atoms with Crippen molar-refractivity contribution in [2.45, 2.75) is 45.2 Å². The van der Waals surface area contributed by atoms with Gasteiger partial charge in [-0.05, 0) is 33.2 Å². The molecule has 2 fully saturated rings. The quantitative estimate of drug-likeness (QED) is 0.711. The van der Waals surface area contributed by atoms with Crippen LogP contribution in [0.15, 0.2) is 0 Å². The van der Waals surface area contributed by atoms with Crippen LogP contribution in [-0.2, 0) is 4.74 Å². The lowest BCUT2D eigenvalue weighted by Crippen LogP contribution is -2.61. The van der Waals surface area contributed by atoms with Crippen LogP contribution in [0.1, 0.15) is 33.6 Å². The molecule has 0 bridgehead atoms. The molecule has 3 nitrogen and oxygen atoms in total. The lowest BCUT2D eigenvalue weighted by atomic mass is 9.85. The van der Waals surface area contributed by atoms with E-state index >= 15 is 0 Å². The molecule has 0 aliphatic carbocycles. The molecule has 0 aromatic heterocycles. The van der Waals surface area contributed by atoms with Gasteiger partial charge in [0.05, 0.1) is 13.2 Å². The van der Waals surface area contributed by atoms with E-state index < -0.39 is 0 Å². The van der Waals surface area contributed by atoms with Crippen molar-refractivity contribution in [2.24, 2.45) is 0 Å². The summed E-state index contributed by atoms with van der Waals surface area (Å²) in [5.74, 6) is 0. The number of ether oxygens (including phenoxy) is 1. The van der Waals surface area contributed by atoms with Gasteiger partial charge in [0, 0.05) is 31.2 Å². The van der Waals surface area contributed by atoms with Crippen molar-refractivity contribution in [2.75, 3.05) is 39.4 Å². The summed E-state index contributed by atoms with van der Waals surface area (Å²) in [6.45, 7) is 13.5. The summed E-state index contributed by atoms with van der Waals surface area (Å²) in [4.78, 5) is 5.24. The molecule has 0 saturated carbocycles. The maximum Gasteiger partial charge on any atom is 0.0652 e. The maximum atomic E-state index is 5.73. The van der Waals surface area contributed by atoms with Crippen molar-refractivity contribution in [1.82, 2.24) is 9.80 Å². The number of rotatable bonds is 2. The zero-order valence-corrected chi connectivity index (χ0v) is 11.0. The molecule has 0 radical (unpaired) electrons. The molecular weight excluding hydrogens is 200 g/mol. The summed E-state index contributed by atoms with van der Waals surface area (Å²) < 4.78 is 5.73. The first kappa shape index (κ1) is 12.3. The van der Waals surface area contributed by atoms with Gasteiger partial charge in [0.15, 0.2) is 0 Å². The zero-order chi connectivity index (χ0) is 11.6. The van der Waals surface area contributed by atoms with E-state index in [1.54, 1.807) is 0 Å². The van der Waals surface area contributed by atoms with Crippen LogP contribution in [-0.4, -0.2) is 60.8 Å². The van der Waals surface area contributed by atoms with Gasteiger partial charge in [-0.3, -0.25) is 4.90 Å². The molecule has 2 rings (SSSR count). The van der Waals surface area contributed by atoms with E-state index in [9.17, 15) is 0 Å². The second-order valence-corrected chi connectivity index (χ2v) is 5.49. The molecule has 2 saturated heterocycles. The minimum Gasteiger partial charge on any atom is -0.378 e. The molecule has 0 aromatic rings.